The van der Waals surface area contributed by atoms with Crippen molar-refractivity contribution < 1.29 is 42.9 Å². The molecule has 0 aromatic heterocycles. The van der Waals surface area contributed by atoms with Gasteiger partial charge in [0.25, 0.3) is 0 Å². The Morgan fingerprint density at radius 2 is 0.831 bits per heavy atom. The quantitative estimate of drug-likeness (QED) is 0.0195. The van der Waals surface area contributed by atoms with Crippen molar-refractivity contribution in [1.29, 1.82) is 0 Å². The molecule has 0 amide bonds. The second-order valence-corrected chi connectivity index (χ2v) is 17.3. The average molecular weight is 906 g/mol. The normalized spacial score (nSPS) is 13.8. The summed E-state index contributed by atoms with van der Waals surface area (Å²) in [5, 5.41) is 11.7. The number of esters is 2. The zero-order valence-electron chi connectivity index (χ0n) is 41.6. The number of ether oxygens (including phenoxy) is 4. The lowest BCUT2D eigenvalue weighted by molar-refractivity contribution is -0.870. The molecule has 0 fully saturated rings. The number of carbonyl (C=O) groups excluding carboxylic acids is 3. The van der Waals surface area contributed by atoms with E-state index in [1.807, 2.05) is 21.1 Å². The lowest BCUT2D eigenvalue weighted by atomic mass is 10.1. The van der Waals surface area contributed by atoms with Crippen LogP contribution >= 0.6 is 0 Å². The molecule has 0 saturated carbocycles. The van der Waals surface area contributed by atoms with Gasteiger partial charge in [0.2, 0.25) is 0 Å². The molecule has 0 aromatic carbocycles. The molecule has 0 heterocycles. The monoisotopic (exact) mass is 906 g/mol. The van der Waals surface area contributed by atoms with Crippen LogP contribution in [-0.4, -0.2) is 82.3 Å². The Hall–Kier alpha value is -4.05. The molecule has 9 heteroatoms. The number of quaternary nitrogens is 1. The van der Waals surface area contributed by atoms with Crippen molar-refractivity contribution in [3.05, 3.63) is 109 Å². The van der Waals surface area contributed by atoms with E-state index in [1.54, 1.807) is 0 Å². The number of hydrogen-bond donors (Lipinski definition) is 0. The van der Waals surface area contributed by atoms with Gasteiger partial charge >= 0.3 is 11.9 Å². The molecule has 0 saturated heterocycles. The number of carbonyl (C=O) groups is 3. The van der Waals surface area contributed by atoms with Crippen LogP contribution < -0.4 is 5.11 Å². The van der Waals surface area contributed by atoms with Crippen molar-refractivity contribution in [3.8, 4) is 0 Å². The average Bonchev–Trinajstić information content (AvgIpc) is 3.27. The van der Waals surface area contributed by atoms with Gasteiger partial charge in [0.1, 0.15) is 13.2 Å². The van der Waals surface area contributed by atoms with Gasteiger partial charge in [0.15, 0.2) is 12.4 Å². The molecule has 2 unspecified atom stereocenters. The van der Waals surface area contributed by atoms with Gasteiger partial charge in [-0.25, -0.2) is 0 Å². The number of unbranched alkanes of at least 4 members (excludes halogenated alkanes) is 11. The van der Waals surface area contributed by atoms with Crippen LogP contribution in [0.1, 0.15) is 168 Å². The molecule has 0 radical (unpaired) electrons. The summed E-state index contributed by atoms with van der Waals surface area (Å²) < 4.78 is 22.6. The van der Waals surface area contributed by atoms with E-state index in [9.17, 15) is 19.5 Å². The summed E-state index contributed by atoms with van der Waals surface area (Å²) in [4.78, 5) is 37.1. The molecule has 0 spiro atoms. The second kappa shape index (κ2) is 46.5. The Morgan fingerprint density at radius 3 is 1.25 bits per heavy atom. The van der Waals surface area contributed by atoms with Crippen LogP contribution in [0.25, 0.3) is 0 Å². The number of carboxylic acids is 1. The Labute approximate surface area is 396 Å². The predicted molar refractivity (Wildman–Crippen MR) is 269 cm³/mol. The number of aliphatic carboxylic acids is 1. The number of likely N-dealkylation sites (N-methyl/N-ethyl adjacent to an activating group) is 1. The van der Waals surface area contributed by atoms with Gasteiger partial charge in [-0.2, -0.15) is 0 Å². The van der Waals surface area contributed by atoms with Crippen molar-refractivity contribution in [2.24, 2.45) is 0 Å². The lowest BCUT2D eigenvalue weighted by Gasteiger charge is -2.26. The fourth-order valence-corrected chi connectivity index (χ4v) is 6.20. The molecule has 0 N–H and O–H groups in total. The number of nitrogens with zero attached hydrogens (tertiary/aromatic N) is 1. The topological polar surface area (TPSA) is 111 Å². The van der Waals surface area contributed by atoms with Crippen molar-refractivity contribution in [1.82, 2.24) is 0 Å². The third-order valence-electron chi connectivity index (χ3n) is 10.0. The van der Waals surface area contributed by atoms with Crippen LogP contribution in [0.4, 0.5) is 0 Å². The zero-order valence-corrected chi connectivity index (χ0v) is 41.6. The number of hydrogen-bond acceptors (Lipinski definition) is 8. The number of rotatable bonds is 44. The van der Waals surface area contributed by atoms with Crippen molar-refractivity contribution in [2.75, 3.05) is 47.5 Å². The molecule has 0 aliphatic heterocycles. The minimum Gasteiger partial charge on any atom is -0.545 e. The molecule has 65 heavy (non-hydrogen) atoms. The fourth-order valence-electron chi connectivity index (χ4n) is 6.20. The fraction of sp³-hybridized carbons (Fsp3) is 0.625. The van der Waals surface area contributed by atoms with E-state index >= 15 is 0 Å². The molecular weight excluding hydrogens is 815 g/mol. The van der Waals surface area contributed by atoms with E-state index in [2.05, 4.69) is 123 Å². The van der Waals surface area contributed by atoms with Gasteiger partial charge in [-0.05, 0) is 96.3 Å². The highest BCUT2D eigenvalue weighted by atomic mass is 16.7. The summed E-state index contributed by atoms with van der Waals surface area (Å²) in [6.45, 7) is 4.44. The van der Waals surface area contributed by atoms with E-state index in [0.717, 1.165) is 109 Å². The van der Waals surface area contributed by atoms with Crippen molar-refractivity contribution in [2.45, 2.75) is 180 Å². The predicted octanol–water partition coefficient (Wildman–Crippen LogP) is 12.7. The molecule has 0 bridgehead atoms. The Balaban J connectivity index is 4.46. The number of allylic oxidation sites excluding steroid dienone is 18. The summed E-state index contributed by atoms with van der Waals surface area (Å²) in [5.74, 6) is -2.36. The first-order valence-corrected chi connectivity index (χ1v) is 25.0. The zero-order chi connectivity index (χ0) is 47.7. The maximum atomic E-state index is 12.8. The molecule has 0 aliphatic carbocycles. The first-order valence-electron chi connectivity index (χ1n) is 25.0. The second-order valence-electron chi connectivity index (χ2n) is 17.3. The first kappa shape index (κ1) is 60.9. The van der Waals surface area contributed by atoms with Crippen LogP contribution in [0.15, 0.2) is 109 Å². The molecule has 0 rings (SSSR count). The highest BCUT2D eigenvalue weighted by molar-refractivity contribution is 5.70. The van der Waals surface area contributed by atoms with E-state index < -0.39 is 24.3 Å². The third-order valence-corrected chi connectivity index (χ3v) is 10.0. The maximum absolute atomic E-state index is 12.8. The minimum absolute atomic E-state index is 0.133. The molecule has 0 aromatic rings. The first-order chi connectivity index (χ1) is 31.6. The van der Waals surface area contributed by atoms with Crippen molar-refractivity contribution in [3.63, 3.8) is 0 Å². The van der Waals surface area contributed by atoms with Gasteiger partial charge in [-0.1, -0.05) is 168 Å². The van der Waals surface area contributed by atoms with Gasteiger partial charge in [0, 0.05) is 12.8 Å². The highest BCUT2D eigenvalue weighted by Crippen LogP contribution is 2.13. The maximum Gasteiger partial charge on any atom is 0.306 e. The SMILES string of the molecule is CC/C=C\C/C=C\C/C=C\C/C=C\C/C=C\CCCCCC(=O)OC(COC(=O)CCCCCCCCCC/C=C\C/C=C\C/C=C\C/C=C\CC)COC(OCC[N+](C)(C)C)C(=O)[O-]. The molecule has 0 aliphatic rings. The van der Waals surface area contributed by atoms with E-state index in [-0.39, 0.29) is 38.6 Å². The van der Waals surface area contributed by atoms with E-state index in [1.165, 1.54) is 25.7 Å². The summed E-state index contributed by atoms with van der Waals surface area (Å²) in [6.07, 6.45) is 59.8. The van der Waals surface area contributed by atoms with Crippen molar-refractivity contribution >= 4 is 17.9 Å². The Bertz CT molecular complexity index is 1430. The summed E-state index contributed by atoms with van der Waals surface area (Å²) in [7, 11) is 5.89. The molecular formula is C56H91NO8. The highest BCUT2D eigenvalue weighted by Gasteiger charge is 2.21. The van der Waals surface area contributed by atoms with Crippen LogP contribution in [-0.2, 0) is 33.3 Å². The van der Waals surface area contributed by atoms with Crippen LogP contribution in [0.2, 0.25) is 0 Å². The van der Waals surface area contributed by atoms with E-state index in [0.29, 0.717) is 17.4 Å². The van der Waals surface area contributed by atoms with Crippen LogP contribution in [0.5, 0.6) is 0 Å². The smallest absolute Gasteiger partial charge is 0.306 e. The van der Waals surface area contributed by atoms with Crippen LogP contribution in [0, 0.1) is 0 Å². The summed E-state index contributed by atoms with van der Waals surface area (Å²) in [6, 6.07) is 0. The molecule has 9 nitrogen and oxygen atoms in total. The number of carboxylic acid groups (broad SMARTS) is 1. The van der Waals surface area contributed by atoms with E-state index in [4.69, 9.17) is 18.9 Å². The minimum atomic E-state index is -1.64. The Kier molecular flexibility index (Phi) is 43.6. The largest absolute Gasteiger partial charge is 0.545 e. The molecule has 2 atom stereocenters. The molecule has 368 valence electrons. The summed E-state index contributed by atoms with van der Waals surface area (Å²) in [5.41, 5.74) is 0. The Morgan fingerprint density at radius 1 is 0.462 bits per heavy atom. The van der Waals surface area contributed by atoms with Gasteiger partial charge in [-0.3, -0.25) is 9.59 Å². The van der Waals surface area contributed by atoms with Crippen LogP contribution in [0.3, 0.4) is 0 Å². The van der Waals surface area contributed by atoms with Gasteiger partial charge in [0.05, 0.1) is 40.3 Å². The lowest BCUT2D eigenvalue weighted by Crippen LogP contribution is -2.44. The van der Waals surface area contributed by atoms with Gasteiger partial charge < -0.3 is 33.3 Å². The third kappa shape index (κ3) is 47.7. The summed E-state index contributed by atoms with van der Waals surface area (Å²) >= 11 is 0. The van der Waals surface area contributed by atoms with Gasteiger partial charge in [-0.15, -0.1) is 0 Å². The standard InChI is InChI=1S/C56H91NO8/c1-6-8-10-12-14-16-18-20-22-24-26-27-29-30-32-34-36-38-40-42-44-46-53(58)63-50-52(51-64-56(55(60)61)62-49-48-57(3,4)5)65-54(59)47-45-43-41-39-37-35-33-31-28-25-23-21-19-17-15-13-11-9-7-2/h8-11,14-17,20-23,26-28,31,35,37,52,56H,6-7,12-13,18-19,24-25,29-30,32-34,36,38-51H2,1-5H3/b10-8-,11-9-,16-14-,17-15-,22-20-,23-21-,27-26-,31-28-,37-35-.